The van der Waals surface area contributed by atoms with Crippen molar-refractivity contribution in [2.75, 3.05) is 13.1 Å². The molecule has 7 nitrogen and oxygen atoms in total. The van der Waals surface area contributed by atoms with Gasteiger partial charge in [0, 0.05) is 42.9 Å². The number of aromatic amines is 1. The van der Waals surface area contributed by atoms with Crippen LogP contribution in [0.1, 0.15) is 41.0 Å². The normalized spacial score (nSPS) is 17.5. The van der Waals surface area contributed by atoms with Crippen LogP contribution in [0.5, 0.6) is 0 Å². The van der Waals surface area contributed by atoms with Gasteiger partial charge in [-0.25, -0.2) is 4.98 Å². The molecule has 0 atom stereocenters. The Kier molecular flexibility index (Phi) is 4.12. The van der Waals surface area contributed by atoms with Crippen LogP contribution in [0.4, 0.5) is 0 Å². The monoisotopic (exact) mass is 389 g/mol. The Morgan fingerprint density at radius 1 is 1.10 bits per heavy atom. The van der Waals surface area contributed by atoms with Crippen molar-refractivity contribution < 1.29 is 4.79 Å². The van der Waals surface area contributed by atoms with E-state index in [1.807, 2.05) is 35.2 Å². The van der Waals surface area contributed by atoms with Crippen molar-refractivity contribution in [2.24, 2.45) is 7.05 Å². The summed E-state index contributed by atoms with van der Waals surface area (Å²) in [5.41, 5.74) is 3.13. The molecule has 3 aromatic rings. The summed E-state index contributed by atoms with van der Waals surface area (Å²) in [6, 6.07) is 11.5. The van der Waals surface area contributed by atoms with Gasteiger partial charge in [0.2, 0.25) is 0 Å². The van der Waals surface area contributed by atoms with E-state index in [2.05, 4.69) is 10.1 Å². The largest absolute Gasteiger partial charge is 0.337 e. The summed E-state index contributed by atoms with van der Waals surface area (Å²) in [5.74, 6) is 0.644. The Bertz CT molecular complexity index is 1120. The fourth-order valence-electron chi connectivity index (χ4n) is 4.75. The molecule has 148 valence electrons. The van der Waals surface area contributed by atoms with Gasteiger partial charge in [-0.2, -0.15) is 5.10 Å². The number of carbonyl (C=O) groups is 1. The fraction of sp³-hybridized carbons (Fsp3) is 0.364. The highest BCUT2D eigenvalue weighted by atomic mass is 16.2. The van der Waals surface area contributed by atoms with Crippen LogP contribution < -0.4 is 5.56 Å². The SMILES string of the molecule is Cn1nccc1C(=O)N1CCC2(CCc3c2nc(-c2ccccc2)[nH]c3=O)CC1. The van der Waals surface area contributed by atoms with E-state index in [4.69, 9.17) is 4.98 Å². The number of likely N-dealkylation sites (tertiary alicyclic amines) is 1. The summed E-state index contributed by atoms with van der Waals surface area (Å²) in [6.07, 6.45) is 4.97. The lowest BCUT2D eigenvalue weighted by atomic mass is 9.76. The van der Waals surface area contributed by atoms with E-state index in [1.54, 1.807) is 24.0 Å². The first kappa shape index (κ1) is 17.8. The maximum atomic E-state index is 12.8. The number of piperidine rings is 1. The van der Waals surface area contributed by atoms with Gasteiger partial charge in [-0.3, -0.25) is 14.3 Å². The molecule has 5 rings (SSSR count). The second-order valence-electron chi connectivity index (χ2n) is 8.02. The number of nitrogens with one attached hydrogen (secondary N) is 1. The average Bonchev–Trinajstić information content (AvgIpc) is 3.33. The first-order valence-electron chi connectivity index (χ1n) is 10.0. The van der Waals surface area contributed by atoms with Crippen molar-refractivity contribution in [1.29, 1.82) is 0 Å². The summed E-state index contributed by atoms with van der Waals surface area (Å²) in [4.78, 5) is 35.3. The van der Waals surface area contributed by atoms with Gasteiger partial charge in [0.1, 0.15) is 11.5 Å². The van der Waals surface area contributed by atoms with E-state index in [0.29, 0.717) is 24.6 Å². The van der Waals surface area contributed by atoms with Gasteiger partial charge >= 0.3 is 0 Å². The predicted molar refractivity (Wildman–Crippen MR) is 109 cm³/mol. The van der Waals surface area contributed by atoms with Crippen LogP contribution in [0.25, 0.3) is 11.4 Å². The highest BCUT2D eigenvalue weighted by Crippen LogP contribution is 2.44. The van der Waals surface area contributed by atoms with Crippen LogP contribution in [0.3, 0.4) is 0 Å². The molecule has 1 aliphatic heterocycles. The third-order valence-corrected chi connectivity index (χ3v) is 6.47. The Balaban J connectivity index is 1.43. The van der Waals surface area contributed by atoms with Crippen molar-refractivity contribution in [3.63, 3.8) is 0 Å². The molecule has 0 unspecified atom stereocenters. The number of amides is 1. The molecule has 29 heavy (non-hydrogen) atoms. The summed E-state index contributed by atoms with van der Waals surface area (Å²) in [5, 5.41) is 4.10. The van der Waals surface area contributed by atoms with Gasteiger partial charge in [-0.05, 0) is 31.7 Å². The van der Waals surface area contributed by atoms with Crippen molar-refractivity contribution in [2.45, 2.75) is 31.1 Å². The first-order valence-corrected chi connectivity index (χ1v) is 10.0. The molecule has 7 heteroatoms. The number of aromatic nitrogens is 4. The van der Waals surface area contributed by atoms with Gasteiger partial charge in [0.25, 0.3) is 11.5 Å². The second-order valence-corrected chi connectivity index (χ2v) is 8.02. The molecule has 1 amide bonds. The molecule has 1 fully saturated rings. The summed E-state index contributed by atoms with van der Waals surface area (Å²) in [7, 11) is 1.78. The zero-order chi connectivity index (χ0) is 20.0. The van der Waals surface area contributed by atoms with E-state index in [0.717, 1.165) is 42.5 Å². The molecule has 3 heterocycles. The lowest BCUT2D eigenvalue weighted by Crippen LogP contribution is -2.45. The molecule has 0 radical (unpaired) electrons. The number of H-pyrrole nitrogens is 1. The van der Waals surface area contributed by atoms with E-state index in [1.165, 1.54) is 0 Å². The van der Waals surface area contributed by atoms with Gasteiger partial charge < -0.3 is 9.88 Å². The minimum absolute atomic E-state index is 0.0157. The van der Waals surface area contributed by atoms with Gasteiger partial charge in [-0.15, -0.1) is 0 Å². The topological polar surface area (TPSA) is 83.9 Å². The van der Waals surface area contributed by atoms with Gasteiger partial charge in [-0.1, -0.05) is 30.3 Å². The number of benzene rings is 1. The van der Waals surface area contributed by atoms with E-state index < -0.39 is 0 Å². The van der Waals surface area contributed by atoms with Crippen LogP contribution in [-0.2, 0) is 18.9 Å². The number of aryl methyl sites for hydroxylation is 1. The predicted octanol–water partition coefficient (Wildman–Crippen LogP) is 2.29. The Morgan fingerprint density at radius 2 is 1.86 bits per heavy atom. The van der Waals surface area contributed by atoms with Crippen LogP contribution in [0.15, 0.2) is 47.4 Å². The molecular formula is C22H23N5O2. The van der Waals surface area contributed by atoms with Crippen molar-refractivity contribution in [3.05, 3.63) is 69.9 Å². The highest BCUT2D eigenvalue weighted by molar-refractivity contribution is 5.92. The fourth-order valence-corrected chi connectivity index (χ4v) is 4.75. The van der Waals surface area contributed by atoms with Crippen LogP contribution >= 0.6 is 0 Å². The van der Waals surface area contributed by atoms with Crippen molar-refractivity contribution in [3.8, 4) is 11.4 Å². The molecule has 1 N–H and O–H groups in total. The van der Waals surface area contributed by atoms with Gasteiger partial charge in [0.15, 0.2) is 0 Å². The number of carbonyl (C=O) groups excluding carboxylic acids is 1. The third kappa shape index (κ3) is 2.88. The van der Waals surface area contributed by atoms with Crippen LogP contribution in [0.2, 0.25) is 0 Å². The molecule has 2 aliphatic rings. The standard InChI is InChI=1S/C22H23N5O2/c1-26-17(8-12-23-26)21(29)27-13-10-22(11-14-27)9-7-16-18(22)24-19(25-20(16)28)15-5-3-2-4-6-15/h2-6,8,12H,7,9-11,13-14H2,1H3,(H,24,25,28). The Morgan fingerprint density at radius 3 is 2.55 bits per heavy atom. The molecular weight excluding hydrogens is 366 g/mol. The zero-order valence-corrected chi connectivity index (χ0v) is 16.4. The summed E-state index contributed by atoms with van der Waals surface area (Å²) >= 11 is 0. The lowest BCUT2D eigenvalue weighted by molar-refractivity contribution is 0.0652. The third-order valence-electron chi connectivity index (χ3n) is 6.47. The molecule has 0 bridgehead atoms. The first-order chi connectivity index (χ1) is 14.1. The Hall–Kier alpha value is -3.22. The average molecular weight is 389 g/mol. The smallest absolute Gasteiger partial charge is 0.272 e. The van der Waals surface area contributed by atoms with Gasteiger partial charge in [0.05, 0.1) is 5.69 Å². The maximum absolute atomic E-state index is 12.8. The quantitative estimate of drug-likeness (QED) is 0.729. The molecule has 2 aromatic heterocycles. The maximum Gasteiger partial charge on any atom is 0.272 e. The Labute approximate surface area is 168 Å². The molecule has 0 saturated carbocycles. The van der Waals surface area contributed by atoms with Crippen LogP contribution in [-0.4, -0.2) is 43.6 Å². The minimum Gasteiger partial charge on any atom is -0.337 e. The van der Waals surface area contributed by atoms with E-state index in [-0.39, 0.29) is 16.9 Å². The number of hydrogen-bond acceptors (Lipinski definition) is 4. The van der Waals surface area contributed by atoms with E-state index in [9.17, 15) is 9.59 Å². The van der Waals surface area contributed by atoms with Crippen molar-refractivity contribution in [1.82, 2.24) is 24.6 Å². The lowest BCUT2D eigenvalue weighted by Gasteiger charge is -2.39. The second kappa shape index (κ2) is 6.69. The molecule has 1 aromatic carbocycles. The number of nitrogens with zero attached hydrogens (tertiary/aromatic N) is 4. The zero-order valence-electron chi connectivity index (χ0n) is 16.4. The van der Waals surface area contributed by atoms with E-state index >= 15 is 0 Å². The number of fused-ring (bicyclic) bond motifs is 2. The van der Waals surface area contributed by atoms with Crippen molar-refractivity contribution >= 4 is 5.91 Å². The van der Waals surface area contributed by atoms with Crippen LogP contribution in [0, 0.1) is 0 Å². The molecule has 1 saturated heterocycles. The minimum atomic E-state index is -0.115. The molecule has 1 spiro atoms. The highest BCUT2D eigenvalue weighted by Gasteiger charge is 2.44. The molecule has 1 aliphatic carbocycles. The summed E-state index contributed by atoms with van der Waals surface area (Å²) in [6.45, 7) is 1.33. The summed E-state index contributed by atoms with van der Waals surface area (Å²) < 4.78 is 1.62. The number of hydrogen-bond donors (Lipinski definition) is 1. The number of rotatable bonds is 2.